The van der Waals surface area contributed by atoms with Crippen molar-refractivity contribution in [3.8, 4) is 0 Å². The molecule has 0 amide bonds. The first kappa shape index (κ1) is 18.7. The average Bonchev–Trinajstić information content (AvgIpc) is 3.01. The van der Waals surface area contributed by atoms with Gasteiger partial charge in [0.25, 0.3) is 0 Å². The molecule has 0 saturated heterocycles. The van der Waals surface area contributed by atoms with Gasteiger partial charge in [-0.25, -0.2) is 4.99 Å². The highest BCUT2D eigenvalue weighted by atomic mass is 79.9. The molecule has 1 aromatic heterocycles. The second-order valence-corrected chi connectivity index (χ2v) is 6.47. The van der Waals surface area contributed by atoms with Crippen LogP contribution in [0.5, 0.6) is 0 Å². The Kier molecular flexibility index (Phi) is 7.52. The maximum atomic E-state index is 6.24. The lowest BCUT2D eigenvalue weighted by Crippen LogP contribution is -2.38. The second kappa shape index (κ2) is 9.64. The van der Waals surface area contributed by atoms with Crippen molar-refractivity contribution in [1.29, 1.82) is 0 Å². The summed E-state index contributed by atoms with van der Waals surface area (Å²) in [6.45, 7) is 6.96. The monoisotopic (exact) mass is 412 g/mol. The average molecular weight is 414 g/mol. The molecular weight excluding hydrogens is 392 g/mol. The van der Waals surface area contributed by atoms with Crippen LogP contribution in [0.1, 0.15) is 25.2 Å². The zero-order chi connectivity index (χ0) is 17.4. The summed E-state index contributed by atoms with van der Waals surface area (Å²) in [6, 6.07) is 5.82. The van der Waals surface area contributed by atoms with Gasteiger partial charge >= 0.3 is 0 Å². The largest absolute Gasteiger partial charge is 0.357 e. The van der Waals surface area contributed by atoms with Crippen molar-refractivity contribution < 1.29 is 0 Å². The zero-order valence-corrected chi connectivity index (χ0v) is 16.2. The molecule has 0 saturated carbocycles. The molecule has 0 fully saturated rings. The minimum atomic E-state index is 0.522. The van der Waals surface area contributed by atoms with Crippen LogP contribution in [-0.4, -0.2) is 33.8 Å². The number of aryl methyl sites for hydroxylation is 1. The first-order chi connectivity index (χ1) is 11.6. The van der Waals surface area contributed by atoms with Gasteiger partial charge in [0.2, 0.25) is 0 Å². The molecule has 0 spiro atoms. The molecule has 0 aliphatic heterocycles. The molecule has 0 aliphatic carbocycles. The van der Waals surface area contributed by atoms with Gasteiger partial charge in [0.1, 0.15) is 12.2 Å². The molecule has 0 bridgehead atoms. The number of nitrogens with one attached hydrogen (secondary N) is 2. The molecule has 130 valence electrons. The lowest BCUT2D eigenvalue weighted by molar-refractivity contribution is 0.632. The Morgan fingerprint density at radius 2 is 2.17 bits per heavy atom. The van der Waals surface area contributed by atoms with E-state index in [1.54, 1.807) is 6.33 Å². The number of aromatic nitrogens is 3. The maximum absolute atomic E-state index is 6.24. The van der Waals surface area contributed by atoms with Crippen LogP contribution in [0.3, 0.4) is 0 Å². The highest BCUT2D eigenvalue weighted by molar-refractivity contribution is 9.10. The van der Waals surface area contributed by atoms with E-state index in [0.29, 0.717) is 11.6 Å². The first-order valence-corrected chi connectivity index (χ1v) is 9.14. The number of guanidine groups is 1. The van der Waals surface area contributed by atoms with Crippen LogP contribution in [0.2, 0.25) is 5.02 Å². The Bertz CT molecular complexity index is 685. The lowest BCUT2D eigenvalue weighted by Gasteiger charge is -2.12. The summed E-state index contributed by atoms with van der Waals surface area (Å²) in [7, 11) is 0. The predicted octanol–water partition coefficient (Wildman–Crippen LogP) is 3.01. The number of benzene rings is 1. The topological polar surface area (TPSA) is 67.1 Å². The fraction of sp³-hybridized carbons (Fsp3) is 0.438. The Balaban J connectivity index is 1.93. The molecule has 0 radical (unpaired) electrons. The molecule has 24 heavy (non-hydrogen) atoms. The van der Waals surface area contributed by atoms with Crippen molar-refractivity contribution in [3.05, 3.63) is 45.4 Å². The van der Waals surface area contributed by atoms with Gasteiger partial charge in [0.15, 0.2) is 5.96 Å². The van der Waals surface area contributed by atoms with Crippen LogP contribution in [0, 0.1) is 0 Å². The number of nitrogens with zero attached hydrogens (tertiary/aromatic N) is 4. The van der Waals surface area contributed by atoms with Crippen LogP contribution in [-0.2, 0) is 19.5 Å². The molecule has 0 atom stereocenters. The SMILES string of the molecule is CCNC(=NCc1ccc(Br)cc1Cl)NCCn1cnnc1CC. The minimum absolute atomic E-state index is 0.522. The quantitative estimate of drug-likeness (QED) is 0.541. The maximum Gasteiger partial charge on any atom is 0.191 e. The standard InChI is InChI=1S/C16H22BrClN6/c1-3-15-23-22-11-24(15)8-7-20-16(19-4-2)21-10-12-5-6-13(17)9-14(12)18/h5-6,9,11H,3-4,7-8,10H2,1-2H3,(H2,19,20,21). The number of hydrogen-bond donors (Lipinski definition) is 2. The molecule has 1 heterocycles. The Labute approximate surface area is 155 Å². The van der Waals surface area contributed by atoms with Gasteiger partial charge in [0, 0.05) is 35.6 Å². The summed E-state index contributed by atoms with van der Waals surface area (Å²) in [5, 5.41) is 15.3. The van der Waals surface area contributed by atoms with Gasteiger partial charge in [-0.1, -0.05) is 40.5 Å². The van der Waals surface area contributed by atoms with E-state index < -0.39 is 0 Å². The van der Waals surface area contributed by atoms with Crippen LogP contribution in [0.25, 0.3) is 0 Å². The highest BCUT2D eigenvalue weighted by Gasteiger charge is 2.04. The van der Waals surface area contributed by atoms with E-state index in [1.165, 1.54) is 0 Å². The Morgan fingerprint density at radius 1 is 1.33 bits per heavy atom. The Morgan fingerprint density at radius 3 is 2.88 bits per heavy atom. The van der Waals surface area contributed by atoms with E-state index in [9.17, 15) is 0 Å². The van der Waals surface area contributed by atoms with Gasteiger partial charge < -0.3 is 15.2 Å². The second-order valence-electron chi connectivity index (χ2n) is 5.15. The third-order valence-electron chi connectivity index (χ3n) is 3.42. The summed E-state index contributed by atoms with van der Waals surface area (Å²) in [5.74, 6) is 1.75. The van der Waals surface area contributed by atoms with Crippen LogP contribution >= 0.6 is 27.5 Å². The zero-order valence-electron chi connectivity index (χ0n) is 13.9. The van der Waals surface area contributed by atoms with E-state index in [1.807, 2.05) is 29.7 Å². The minimum Gasteiger partial charge on any atom is -0.357 e. The molecular formula is C16H22BrClN6. The van der Waals surface area contributed by atoms with E-state index >= 15 is 0 Å². The number of halogens is 2. The van der Waals surface area contributed by atoms with E-state index in [0.717, 1.165) is 47.9 Å². The normalized spacial score (nSPS) is 11.6. The molecule has 2 rings (SSSR count). The fourth-order valence-corrected chi connectivity index (χ4v) is 2.92. The summed E-state index contributed by atoms with van der Waals surface area (Å²) >= 11 is 9.65. The molecule has 0 unspecified atom stereocenters. The molecule has 1 aromatic carbocycles. The fourth-order valence-electron chi connectivity index (χ4n) is 2.19. The van der Waals surface area contributed by atoms with Crippen LogP contribution in [0.4, 0.5) is 0 Å². The van der Waals surface area contributed by atoms with Gasteiger partial charge in [-0.3, -0.25) is 0 Å². The molecule has 0 aliphatic rings. The number of rotatable bonds is 7. The molecule has 2 N–H and O–H groups in total. The summed E-state index contributed by atoms with van der Waals surface area (Å²) in [5.41, 5.74) is 0.990. The third-order valence-corrected chi connectivity index (χ3v) is 4.27. The van der Waals surface area contributed by atoms with Gasteiger partial charge in [-0.05, 0) is 24.6 Å². The van der Waals surface area contributed by atoms with Crippen molar-refractivity contribution in [2.75, 3.05) is 13.1 Å². The smallest absolute Gasteiger partial charge is 0.191 e. The highest BCUT2D eigenvalue weighted by Crippen LogP contribution is 2.21. The van der Waals surface area contributed by atoms with E-state index in [4.69, 9.17) is 11.6 Å². The van der Waals surface area contributed by atoms with Crippen molar-refractivity contribution in [2.24, 2.45) is 4.99 Å². The Hall–Kier alpha value is -1.60. The number of aliphatic imine (C=N–C) groups is 1. The first-order valence-electron chi connectivity index (χ1n) is 7.96. The summed E-state index contributed by atoms with van der Waals surface area (Å²) < 4.78 is 3.01. The van der Waals surface area contributed by atoms with E-state index in [-0.39, 0.29) is 0 Å². The van der Waals surface area contributed by atoms with Crippen molar-refractivity contribution in [1.82, 2.24) is 25.4 Å². The molecule has 8 heteroatoms. The van der Waals surface area contributed by atoms with Crippen LogP contribution < -0.4 is 10.6 Å². The van der Waals surface area contributed by atoms with Gasteiger partial charge in [-0.2, -0.15) is 0 Å². The number of hydrogen-bond acceptors (Lipinski definition) is 3. The predicted molar refractivity (Wildman–Crippen MR) is 101 cm³/mol. The molecule has 2 aromatic rings. The van der Waals surface area contributed by atoms with Gasteiger partial charge in [-0.15, -0.1) is 10.2 Å². The van der Waals surface area contributed by atoms with E-state index in [2.05, 4.69) is 48.7 Å². The third kappa shape index (κ3) is 5.49. The van der Waals surface area contributed by atoms with Crippen molar-refractivity contribution in [3.63, 3.8) is 0 Å². The van der Waals surface area contributed by atoms with Crippen molar-refractivity contribution >= 4 is 33.5 Å². The lowest BCUT2D eigenvalue weighted by atomic mass is 10.2. The van der Waals surface area contributed by atoms with Crippen molar-refractivity contribution in [2.45, 2.75) is 33.4 Å². The van der Waals surface area contributed by atoms with Crippen LogP contribution in [0.15, 0.2) is 34.0 Å². The summed E-state index contributed by atoms with van der Waals surface area (Å²) in [4.78, 5) is 4.59. The molecule has 6 nitrogen and oxygen atoms in total. The van der Waals surface area contributed by atoms with Gasteiger partial charge in [0.05, 0.1) is 6.54 Å². The summed E-state index contributed by atoms with van der Waals surface area (Å²) in [6.07, 6.45) is 2.63.